The van der Waals surface area contributed by atoms with Gasteiger partial charge in [0, 0.05) is 12.6 Å². The van der Waals surface area contributed by atoms with E-state index in [9.17, 15) is 14.5 Å². The van der Waals surface area contributed by atoms with Crippen molar-refractivity contribution in [3.05, 3.63) is 41.0 Å². The van der Waals surface area contributed by atoms with Crippen LogP contribution in [0, 0.1) is 10.8 Å². The van der Waals surface area contributed by atoms with Crippen LogP contribution in [-0.2, 0) is 4.79 Å². The number of benzene rings is 1. The summed E-state index contributed by atoms with van der Waals surface area (Å²) < 4.78 is 5.64. The second-order valence-electron chi connectivity index (χ2n) is 6.99. The maximum absolute atomic E-state index is 12.7. The molecule has 2 amide bonds. The lowest BCUT2D eigenvalue weighted by molar-refractivity contribution is -0.124. The van der Waals surface area contributed by atoms with Gasteiger partial charge in [0.2, 0.25) is 5.91 Å². The number of nitrogen functional groups attached to an aromatic ring is 1. The van der Waals surface area contributed by atoms with Crippen LogP contribution in [-0.4, -0.2) is 24.9 Å². The molecule has 0 spiro atoms. The Hall–Kier alpha value is -3.16. The number of carbonyl (C=O) groups is 2. The molecule has 0 saturated heterocycles. The van der Waals surface area contributed by atoms with E-state index in [0.29, 0.717) is 11.3 Å². The molecule has 8 heteroatoms. The van der Waals surface area contributed by atoms with Crippen LogP contribution in [0.2, 0.25) is 0 Å². The van der Waals surface area contributed by atoms with Gasteiger partial charge in [-0.1, -0.05) is 19.3 Å². The number of likely N-dealkylation sites (N-methyl/N-ethyl adjacent to an activating group) is 1. The minimum Gasteiger partial charge on any atom is -0.451 e. The van der Waals surface area contributed by atoms with Gasteiger partial charge in [-0.3, -0.25) is 9.59 Å². The van der Waals surface area contributed by atoms with Gasteiger partial charge in [-0.05, 0) is 54.3 Å². The number of anilines is 1. The molecule has 1 atom stereocenters. The van der Waals surface area contributed by atoms with Crippen molar-refractivity contribution >= 4 is 23.2 Å². The van der Waals surface area contributed by atoms with E-state index in [-0.39, 0.29) is 29.0 Å². The highest BCUT2D eigenvalue weighted by molar-refractivity contribution is 5.96. The summed E-state index contributed by atoms with van der Waals surface area (Å²) in [4.78, 5) is 35.8. The van der Waals surface area contributed by atoms with Gasteiger partial charge < -0.3 is 20.8 Å². The minimum absolute atomic E-state index is 0.0946. The van der Waals surface area contributed by atoms with E-state index in [1.165, 1.54) is 12.1 Å². The lowest BCUT2D eigenvalue weighted by atomic mass is 9.83. The summed E-state index contributed by atoms with van der Waals surface area (Å²) >= 11 is 0. The molecule has 4 N–H and O–H groups in total. The summed E-state index contributed by atoms with van der Waals surface area (Å²) in [7, 11) is 1.56. The molecule has 28 heavy (non-hydrogen) atoms. The van der Waals surface area contributed by atoms with Gasteiger partial charge in [0.05, 0.1) is 5.69 Å². The average Bonchev–Trinajstić information content (AvgIpc) is 3.22. The lowest BCUT2D eigenvalue weighted by Crippen LogP contribution is -2.50. The molecule has 0 bridgehead atoms. The molecule has 1 aliphatic rings. The van der Waals surface area contributed by atoms with Gasteiger partial charge in [0.15, 0.2) is 5.76 Å². The van der Waals surface area contributed by atoms with E-state index < -0.39 is 11.9 Å². The number of carbonyl (C=O) groups excluding carboxylic acids is 2. The van der Waals surface area contributed by atoms with Gasteiger partial charge >= 0.3 is 0 Å². The first-order valence-electron chi connectivity index (χ1n) is 9.39. The monoisotopic (exact) mass is 384 g/mol. The highest BCUT2D eigenvalue weighted by atomic mass is 16.4. The zero-order chi connectivity index (χ0) is 20.1. The molecule has 1 saturated carbocycles. The third kappa shape index (κ3) is 4.21. The Morgan fingerprint density at radius 2 is 1.93 bits per heavy atom. The van der Waals surface area contributed by atoms with Crippen molar-refractivity contribution in [2.24, 2.45) is 11.1 Å². The standard InChI is InChI=1S/C20H24N4O4/c1-22-20(26)18(12-5-3-2-4-6-12)23-19(25)17-10-9-16(28-17)13-7-8-14(21)15(11-13)24-27/h7-12,18H,2-6,21H2,1H3,(H,22,26)(H,23,25). The predicted octanol–water partition coefficient (Wildman–Crippen LogP) is 3.35. The van der Waals surface area contributed by atoms with E-state index in [4.69, 9.17) is 10.2 Å². The van der Waals surface area contributed by atoms with E-state index in [1.807, 2.05) is 0 Å². The molecule has 0 radical (unpaired) electrons. The maximum Gasteiger partial charge on any atom is 0.287 e. The smallest absolute Gasteiger partial charge is 0.287 e. The fourth-order valence-corrected chi connectivity index (χ4v) is 3.62. The maximum atomic E-state index is 12.7. The van der Waals surface area contributed by atoms with Crippen molar-refractivity contribution in [3.8, 4) is 11.3 Å². The Bertz CT molecular complexity index is 871. The fraction of sp³-hybridized carbons (Fsp3) is 0.400. The number of rotatable bonds is 6. The number of furan rings is 1. The van der Waals surface area contributed by atoms with Crippen molar-refractivity contribution in [3.63, 3.8) is 0 Å². The minimum atomic E-state index is -0.589. The zero-order valence-corrected chi connectivity index (χ0v) is 15.7. The summed E-state index contributed by atoms with van der Waals surface area (Å²) in [5, 5.41) is 8.33. The Morgan fingerprint density at radius 1 is 1.18 bits per heavy atom. The van der Waals surface area contributed by atoms with Crippen LogP contribution >= 0.6 is 0 Å². The molecule has 8 nitrogen and oxygen atoms in total. The number of nitrogens with one attached hydrogen (secondary N) is 2. The van der Waals surface area contributed by atoms with Crippen molar-refractivity contribution in [1.29, 1.82) is 0 Å². The second-order valence-corrected chi connectivity index (χ2v) is 6.99. The van der Waals surface area contributed by atoms with E-state index >= 15 is 0 Å². The molecule has 3 rings (SSSR count). The summed E-state index contributed by atoms with van der Waals surface area (Å²) in [6, 6.07) is 7.31. The second kappa shape index (κ2) is 8.69. The third-order valence-corrected chi connectivity index (χ3v) is 5.18. The highest BCUT2D eigenvalue weighted by Gasteiger charge is 2.31. The number of amides is 2. The molecule has 2 aromatic rings. The highest BCUT2D eigenvalue weighted by Crippen LogP contribution is 2.31. The summed E-state index contributed by atoms with van der Waals surface area (Å²) in [5.41, 5.74) is 6.63. The lowest BCUT2D eigenvalue weighted by Gasteiger charge is -2.29. The van der Waals surface area contributed by atoms with Gasteiger partial charge in [-0.25, -0.2) is 0 Å². The van der Waals surface area contributed by atoms with E-state index in [1.54, 1.807) is 25.2 Å². The van der Waals surface area contributed by atoms with Gasteiger partial charge in [0.1, 0.15) is 17.5 Å². The van der Waals surface area contributed by atoms with Crippen molar-refractivity contribution in [2.75, 3.05) is 12.8 Å². The molecule has 1 aliphatic carbocycles. The summed E-state index contributed by atoms with van der Waals surface area (Å²) in [6.07, 6.45) is 5.10. The van der Waals surface area contributed by atoms with Crippen LogP contribution in [0.5, 0.6) is 0 Å². The number of nitrogens with two attached hydrogens (primary N) is 1. The number of nitrogens with zero attached hydrogens (tertiary/aromatic N) is 1. The Kier molecular flexibility index (Phi) is 6.08. The molecule has 148 valence electrons. The van der Waals surface area contributed by atoms with Crippen molar-refractivity contribution in [2.45, 2.75) is 38.1 Å². The van der Waals surface area contributed by atoms with Crippen molar-refractivity contribution < 1.29 is 14.0 Å². The Labute approximate surface area is 162 Å². The molecule has 1 aromatic carbocycles. The van der Waals surface area contributed by atoms with Gasteiger partial charge in [-0.2, -0.15) is 0 Å². The third-order valence-electron chi connectivity index (χ3n) is 5.18. The van der Waals surface area contributed by atoms with Gasteiger partial charge in [-0.15, -0.1) is 4.91 Å². The summed E-state index contributed by atoms with van der Waals surface area (Å²) in [5.74, 6) is -0.0337. The fourth-order valence-electron chi connectivity index (χ4n) is 3.62. The molecule has 1 unspecified atom stereocenters. The largest absolute Gasteiger partial charge is 0.451 e. The van der Waals surface area contributed by atoms with E-state index in [0.717, 1.165) is 32.1 Å². The number of hydrogen-bond acceptors (Lipinski definition) is 6. The zero-order valence-electron chi connectivity index (χ0n) is 15.7. The molecule has 1 aromatic heterocycles. The SMILES string of the molecule is CNC(=O)C(NC(=O)c1ccc(-c2ccc(N)c(N=O)c2)o1)C1CCCCC1. The normalized spacial score (nSPS) is 15.6. The molecule has 1 heterocycles. The Balaban J connectivity index is 1.77. The topological polar surface area (TPSA) is 127 Å². The van der Waals surface area contributed by atoms with Crippen LogP contribution in [0.1, 0.15) is 42.7 Å². The number of nitroso groups, excluding NO2 is 1. The quantitative estimate of drug-likeness (QED) is 0.520. The van der Waals surface area contributed by atoms with Crippen LogP contribution in [0.15, 0.2) is 39.9 Å². The molecule has 1 fully saturated rings. The van der Waals surface area contributed by atoms with Crippen LogP contribution in [0.4, 0.5) is 11.4 Å². The van der Waals surface area contributed by atoms with Crippen LogP contribution < -0.4 is 16.4 Å². The molecular weight excluding hydrogens is 360 g/mol. The van der Waals surface area contributed by atoms with Crippen molar-refractivity contribution in [1.82, 2.24) is 10.6 Å². The number of hydrogen-bond donors (Lipinski definition) is 3. The molecular formula is C20H24N4O4. The predicted molar refractivity (Wildman–Crippen MR) is 106 cm³/mol. The average molecular weight is 384 g/mol. The van der Waals surface area contributed by atoms with Crippen LogP contribution in [0.25, 0.3) is 11.3 Å². The first-order valence-corrected chi connectivity index (χ1v) is 9.39. The summed E-state index contributed by atoms with van der Waals surface area (Å²) in [6.45, 7) is 0. The molecule has 0 aliphatic heterocycles. The van der Waals surface area contributed by atoms with Crippen LogP contribution in [0.3, 0.4) is 0 Å². The van der Waals surface area contributed by atoms with Gasteiger partial charge in [0.25, 0.3) is 5.91 Å². The Morgan fingerprint density at radius 3 is 2.61 bits per heavy atom. The van der Waals surface area contributed by atoms with E-state index in [2.05, 4.69) is 15.8 Å². The first kappa shape index (κ1) is 19.6. The first-order chi connectivity index (χ1) is 13.5.